The van der Waals surface area contributed by atoms with Gasteiger partial charge in [0.1, 0.15) is 18.2 Å². The van der Waals surface area contributed by atoms with E-state index in [1.54, 1.807) is 11.0 Å². The Kier molecular flexibility index (Phi) is 5.87. The van der Waals surface area contributed by atoms with Crippen LogP contribution in [0.25, 0.3) is 0 Å². The normalized spacial score (nSPS) is 14.2. The molecule has 0 spiro atoms. The fourth-order valence-corrected chi connectivity index (χ4v) is 2.50. The van der Waals surface area contributed by atoms with Crippen molar-refractivity contribution < 1.29 is 28.5 Å². The van der Waals surface area contributed by atoms with E-state index in [1.807, 2.05) is 31.1 Å². The van der Waals surface area contributed by atoms with Crippen LogP contribution in [0.15, 0.2) is 29.5 Å². The van der Waals surface area contributed by atoms with E-state index in [0.717, 1.165) is 5.69 Å². The fourth-order valence-electron chi connectivity index (χ4n) is 2.50. The highest BCUT2D eigenvalue weighted by molar-refractivity contribution is 6.03. The number of nitrogens with zero attached hydrogens (tertiary/aromatic N) is 2. The number of carbonyl (C=O) groups is 2. The second-order valence-corrected chi connectivity index (χ2v) is 5.47. The molecule has 1 aromatic carbocycles. The van der Waals surface area contributed by atoms with Gasteiger partial charge < -0.3 is 28.7 Å². The van der Waals surface area contributed by atoms with Crippen LogP contribution in [-0.2, 0) is 23.8 Å². The molecule has 0 radical (unpaired) electrons. The molecular formula is C17H22N2O6. The quantitative estimate of drug-likeness (QED) is 0.732. The number of hydrogen-bond acceptors (Lipinski definition) is 8. The maximum atomic E-state index is 12.3. The average Bonchev–Trinajstić information content (AvgIpc) is 2.65. The van der Waals surface area contributed by atoms with Crippen LogP contribution in [-0.4, -0.2) is 60.7 Å². The first-order valence-corrected chi connectivity index (χ1v) is 7.55. The Bertz CT molecular complexity index is 698. The summed E-state index contributed by atoms with van der Waals surface area (Å²) in [5.41, 5.74) is 1.68. The van der Waals surface area contributed by atoms with Gasteiger partial charge in [0.15, 0.2) is 0 Å². The first-order valence-electron chi connectivity index (χ1n) is 7.55. The largest absolute Gasteiger partial charge is 0.494 e. The van der Waals surface area contributed by atoms with Gasteiger partial charge in [-0.25, -0.2) is 9.59 Å². The summed E-state index contributed by atoms with van der Waals surface area (Å²) < 4.78 is 20.5. The summed E-state index contributed by atoms with van der Waals surface area (Å²) in [4.78, 5) is 27.8. The predicted molar refractivity (Wildman–Crippen MR) is 91.7 cm³/mol. The van der Waals surface area contributed by atoms with Crippen molar-refractivity contribution in [1.82, 2.24) is 0 Å². The number of benzene rings is 1. The highest BCUT2D eigenvalue weighted by Crippen LogP contribution is 2.36. The molecule has 25 heavy (non-hydrogen) atoms. The SMILES string of the molecule is COC(=O)C1=C(C(=O)OC)N(c2ccc(N(C)C)cc2OC)COC1. The van der Waals surface area contributed by atoms with Crippen LogP contribution < -0.4 is 14.5 Å². The molecule has 8 nitrogen and oxygen atoms in total. The second kappa shape index (κ2) is 7.89. The van der Waals surface area contributed by atoms with Gasteiger partial charge in [0.25, 0.3) is 0 Å². The summed E-state index contributed by atoms with van der Waals surface area (Å²) in [6, 6.07) is 5.50. The van der Waals surface area contributed by atoms with E-state index in [-0.39, 0.29) is 24.6 Å². The Balaban J connectivity index is 2.59. The molecule has 1 heterocycles. The van der Waals surface area contributed by atoms with Gasteiger partial charge in [0.2, 0.25) is 0 Å². The van der Waals surface area contributed by atoms with E-state index >= 15 is 0 Å². The van der Waals surface area contributed by atoms with Crippen LogP contribution in [0.4, 0.5) is 11.4 Å². The Morgan fingerprint density at radius 2 is 1.80 bits per heavy atom. The third kappa shape index (κ3) is 3.69. The second-order valence-electron chi connectivity index (χ2n) is 5.47. The van der Waals surface area contributed by atoms with Crippen molar-refractivity contribution in [3.63, 3.8) is 0 Å². The van der Waals surface area contributed by atoms with Gasteiger partial charge >= 0.3 is 11.9 Å². The summed E-state index contributed by atoms with van der Waals surface area (Å²) in [5, 5.41) is 0. The molecule has 8 heteroatoms. The van der Waals surface area contributed by atoms with E-state index in [1.165, 1.54) is 21.3 Å². The summed E-state index contributed by atoms with van der Waals surface area (Å²) in [6.45, 7) is 0.0360. The Morgan fingerprint density at radius 1 is 1.12 bits per heavy atom. The molecule has 0 bridgehead atoms. The lowest BCUT2D eigenvalue weighted by Gasteiger charge is -2.32. The van der Waals surface area contributed by atoms with Crippen molar-refractivity contribution in [2.75, 3.05) is 58.6 Å². The minimum atomic E-state index is -0.651. The van der Waals surface area contributed by atoms with Gasteiger partial charge in [-0.2, -0.15) is 0 Å². The van der Waals surface area contributed by atoms with Crippen molar-refractivity contribution >= 4 is 23.3 Å². The van der Waals surface area contributed by atoms with Gasteiger partial charge in [-0.3, -0.25) is 0 Å². The molecule has 136 valence electrons. The van der Waals surface area contributed by atoms with E-state index in [0.29, 0.717) is 11.4 Å². The van der Waals surface area contributed by atoms with E-state index in [4.69, 9.17) is 18.9 Å². The third-order valence-corrected chi connectivity index (χ3v) is 3.80. The molecule has 0 atom stereocenters. The lowest BCUT2D eigenvalue weighted by atomic mass is 10.1. The first-order chi connectivity index (χ1) is 11.9. The van der Waals surface area contributed by atoms with Crippen molar-refractivity contribution in [1.29, 1.82) is 0 Å². The van der Waals surface area contributed by atoms with Crippen molar-refractivity contribution in [3.8, 4) is 5.75 Å². The number of rotatable bonds is 5. The molecule has 0 fully saturated rings. The van der Waals surface area contributed by atoms with Gasteiger partial charge in [-0.05, 0) is 12.1 Å². The summed E-state index contributed by atoms with van der Waals surface area (Å²) in [6.07, 6.45) is 0. The lowest BCUT2D eigenvalue weighted by molar-refractivity contribution is -0.140. The maximum absolute atomic E-state index is 12.3. The Labute approximate surface area is 146 Å². The molecule has 0 saturated carbocycles. The fraction of sp³-hybridized carbons (Fsp3) is 0.412. The molecule has 1 aliphatic rings. The van der Waals surface area contributed by atoms with Crippen LogP contribution in [0.3, 0.4) is 0 Å². The van der Waals surface area contributed by atoms with Crippen LogP contribution >= 0.6 is 0 Å². The van der Waals surface area contributed by atoms with Gasteiger partial charge in [0, 0.05) is 25.8 Å². The summed E-state index contributed by atoms with van der Waals surface area (Å²) in [5.74, 6) is -0.765. The predicted octanol–water partition coefficient (Wildman–Crippen LogP) is 1.16. The number of ether oxygens (including phenoxy) is 4. The standard InChI is InChI=1S/C17H22N2O6/c1-18(2)11-6-7-13(14(8-11)22-3)19-10-25-9-12(16(20)23-4)15(19)17(21)24-5/h6-8H,9-10H2,1-5H3. The molecule has 0 N–H and O–H groups in total. The van der Waals surface area contributed by atoms with Crippen molar-refractivity contribution in [2.24, 2.45) is 0 Å². The maximum Gasteiger partial charge on any atom is 0.355 e. The minimum Gasteiger partial charge on any atom is -0.494 e. The molecule has 1 aromatic rings. The zero-order valence-corrected chi connectivity index (χ0v) is 15.0. The molecule has 0 unspecified atom stereocenters. The van der Waals surface area contributed by atoms with Crippen LogP contribution in [0, 0.1) is 0 Å². The van der Waals surface area contributed by atoms with Crippen molar-refractivity contribution in [3.05, 3.63) is 29.5 Å². The van der Waals surface area contributed by atoms with E-state index in [2.05, 4.69) is 0 Å². The number of hydrogen-bond donors (Lipinski definition) is 0. The highest BCUT2D eigenvalue weighted by atomic mass is 16.5. The molecule has 0 saturated heterocycles. The highest BCUT2D eigenvalue weighted by Gasteiger charge is 2.33. The van der Waals surface area contributed by atoms with Gasteiger partial charge in [-0.1, -0.05) is 0 Å². The molecule has 0 aromatic heterocycles. The minimum absolute atomic E-state index is 0.0360. The summed E-state index contributed by atoms with van der Waals surface area (Å²) >= 11 is 0. The third-order valence-electron chi connectivity index (χ3n) is 3.80. The Hall–Kier alpha value is -2.74. The van der Waals surface area contributed by atoms with Crippen molar-refractivity contribution in [2.45, 2.75) is 0 Å². The number of esters is 2. The topological polar surface area (TPSA) is 77.5 Å². The number of methoxy groups -OCH3 is 3. The molecule has 0 aliphatic carbocycles. The monoisotopic (exact) mass is 350 g/mol. The van der Waals surface area contributed by atoms with Gasteiger partial charge in [0.05, 0.1) is 39.2 Å². The zero-order chi connectivity index (χ0) is 18.6. The zero-order valence-electron chi connectivity index (χ0n) is 15.0. The van der Waals surface area contributed by atoms with Crippen LogP contribution in [0.2, 0.25) is 0 Å². The smallest absolute Gasteiger partial charge is 0.355 e. The number of anilines is 2. The molecular weight excluding hydrogens is 328 g/mol. The molecule has 1 aliphatic heterocycles. The average molecular weight is 350 g/mol. The van der Waals surface area contributed by atoms with Crippen LogP contribution in [0.5, 0.6) is 5.75 Å². The van der Waals surface area contributed by atoms with Gasteiger partial charge in [-0.15, -0.1) is 0 Å². The Morgan fingerprint density at radius 3 is 2.36 bits per heavy atom. The molecule has 2 rings (SSSR count). The first kappa shape index (κ1) is 18.6. The van der Waals surface area contributed by atoms with E-state index < -0.39 is 11.9 Å². The number of carbonyl (C=O) groups excluding carboxylic acids is 2. The summed E-state index contributed by atoms with van der Waals surface area (Å²) in [7, 11) is 7.85. The van der Waals surface area contributed by atoms with E-state index in [9.17, 15) is 9.59 Å². The van der Waals surface area contributed by atoms with Crippen LogP contribution in [0.1, 0.15) is 0 Å². The lowest BCUT2D eigenvalue weighted by Crippen LogP contribution is -2.39. The molecule has 0 amide bonds.